The Hall–Kier alpha value is -2.71. The Morgan fingerprint density at radius 1 is 0.903 bits per heavy atom. The summed E-state index contributed by atoms with van der Waals surface area (Å²) in [5.41, 5.74) is 3.26. The molecule has 5 aromatic rings. The zero-order valence-electron chi connectivity index (χ0n) is 18.9. The number of rotatable bonds is 3. The van der Waals surface area contributed by atoms with Crippen LogP contribution in [0.15, 0.2) is 72.9 Å². The Labute approximate surface area is 189 Å². The first kappa shape index (κ1) is 17.9. The molecule has 0 amide bonds. The third kappa shape index (κ3) is 3.34. The van der Waals surface area contributed by atoms with Crippen molar-refractivity contribution in [2.75, 3.05) is 0 Å². The van der Waals surface area contributed by atoms with E-state index in [0.29, 0.717) is 5.92 Å². The molecular formula is C29H27NS. The zero-order valence-corrected chi connectivity index (χ0v) is 18.7. The summed E-state index contributed by atoms with van der Waals surface area (Å²) >= 11 is 1.85. The summed E-state index contributed by atoms with van der Waals surface area (Å²) in [6.45, 7) is 2.10. The van der Waals surface area contributed by atoms with Gasteiger partial charge >= 0.3 is 0 Å². The normalized spacial score (nSPS) is 17.8. The van der Waals surface area contributed by atoms with Crippen molar-refractivity contribution in [3.8, 4) is 11.3 Å². The number of thiophene rings is 1. The van der Waals surface area contributed by atoms with Gasteiger partial charge in [-0.1, -0.05) is 68.7 Å². The molecule has 2 heterocycles. The van der Waals surface area contributed by atoms with E-state index in [1.54, 1.807) is 0 Å². The first-order valence-corrected chi connectivity index (χ1v) is 12.2. The Morgan fingerprint density at radius 3 is 2.55 bits per heavy atom. The lowest BCUT2D eigenvalue weighted by atomic mass is 9.78. The van der Waals surface area contributed by atoms with Crippen molar-refractivity contribution >= 4 is 42.3 Å². The van der Waals surface area contributed by atoms with Crippen LogP contribution in [0.2, 0.25) is 0 Å². The summed E-state index contributed by atoms with van der Waals surface area (Å²) < 4.78 is 11.8. The molecule has 1 saturated carbocycles. The van der Waals surface area contributed by atoms with E-state index >= 15 is 0 Å². The van der Waals surface area contributed by atoms with Crippen molar-refractivity contribution in [3.63, 3.8) is 0 Å². The lowest BCUT2D eigenvalue weighted by Gasteiger charge is -2.28. The predicted molar refractivity (Wildman–Crippen MR) is 135 cm³/mol. The van der Waals surface area contributed by atoms with E-state index in [1.807, 2.05) is 17.5 Å². The van der Waals surface area contributed by atoms with E-state index in [9.17, 15) is 1.37 Å². The van der Waals surface area contributed by atoms with E-state index in [0.717, 1.165) is 24.1 Å². The highest BCUT2D eigenvalue weighted by Gasteiger charge is 2.22. The molecule has 1 fully saturated rings. The highest BCUT2D eigenvalue weighted by Crippen LogP contribution is 2.42. The molecule has 2 aromatic heterocycles. The van der Waals surface area contributed by atoms with Crippen molar-refractivity contribution in [2.24, 2.45) is 5.92 Å². The molecule has 3 aromatic carbocycles. The summed E-state index contributed by atoms with van der Waals surface area (Å²) in [5.74, 6) is -0.136. The number of nitrogens with zero attached hydrogens (tertiary/aromatic N) is 1. The van der Waals surface area contributed by atoms with E-state index in [1.165, 1.54) is 55.8 Å². The maximum Gasteiger partial charge on any atom is 0.0719 e. The average molecular weight is 423 g/mol. The smallest absolute Gasteiger partial charge is 0.0719 e. The molecule has 6 rings (SSSR count). The largest absolute Gasteiger partial charge is 0.256 e. The Bertz CT molecular complexity index is 1440. The molecular weight excluding hydrogens is 394 g/mol. The maximum absolute atomic E-state index is 9.23. The molecule has 1 unspecified atom stereocenters. The number of hydrogen-bond donors (Lipinski definition) is 0. The molecule has 0 spiro atoms. The van der Waals surface area contributed by atoms with Gasteiger partial charge in [0.15, 0.2) is 0 Å². The van der Waals surface area contributed by atoms with Gasteiger partial charge in [-0.25, -0.2) is 0 Å². The van der Waals surface area contributed by atoms with Crippen LogP contribution >= 0.6 is 11.3 Å². The standard InChI is InChI=1S/C29H27NS/c1-19(20-8-3-2-4-9-20)21-14-15-30-27(17-21)25-13-7-12-24-26-16-22-10-5-6-11-23(22)18-28(26)31-29(24)25/h5-7,10-20H,2-4,8-9H2,1H3/i19D. The van der Waals surface area contributed by atoms with Gasteiger partial charge in [0, 0.05) is 33.3 Å². The summed E-state index contributed by atoms with van der Waals surface area (Å²) in [6, 6.07) is 24.0. The molecule has 31 heavy (non-hydrogen) atoms. The van der Waals surface area contributed by atoms with E-state index in [2.05, 4.69) is 73.7 Å². The van der Waals surface area contributed by atoms with Crippen LogP contribution in [0.25, 0.3) is 42.2 Å². The third-order valence-corrected chi connectivity index (χ3v) is 8.28. The van der Waals surface area contributed by atoms with E-state index in [-0.39, 0.29) is 0 Å². The van der Waals surface area contributed by atoms with Gasteiger partial charge in [-0.2, -0.15) is 0 Å². The van der Waals surface area contributed by atoms with Gasteiger partial charge in [0.2, 0.25) is 0 Å². The summed E-state index contributed by atoms with van der Waals surface area (Å²) in [5, 5.41) is 5.17. The second-order valence-electron chi connectivity index (χ2n) is 8.93. The van der Waals surface area contributed by atoms with Crippen LogP contribution in [-0.4, -0.2) is 4.98 Å². The van der Waals surface area contributed by atoms with Gasteiger partial charge in [-0.15, -0.1) is 11.3 Å². The Kier molecular flexibility index (Phi) is 4.49. The molecule has 154 valence electrons. The summed E-state index contributed by atoms with van der Waals surface area (Å²) in [7, 11) is 0. The van der Waals surface area contributed by atoms with Crippen molar-refractivity contribution in [3.05, 3.63) is 78.5 Å². The van der Waals surface area contributed by atoms with Crippen LogP contribution in [0.4, 0.5) is 0 Å². The van der Waals surface area contributed by atoms with Crippen LogP contribution in [0.3, 0.4) is 0 Å². The Balaban J connectivity index is 1.49. The van der Waals surface area contributed by atoms with Crippen molar-refractivity contribution in [1.29, 1.82) is 0 Å². The average Bonchev–Trinajstić information content (AvgIpc) is 3.20. The third-order valence-electron chi connectivity index (χ3n) is 7.07. The maximum atomic E-state index is 9.23. The molecule has 0 saturated heterocycles. The summed E-state index contributed by atoms with van der Waals surface area (Å²) in [6.07, 6.45) is 8.06. The molecule has 0 bridgehead atoms. The van der Waals surface area contributed by atoms with E-state index in [4.69, 9.17) is 4.98 Å². The highest BCUT2D eigenvalue weighted by molar-refractivity contribution is 7.26. The summed E-state index contributed by atoms with van der Waals surface area (Å²) in [4.78, 5) is 4.77. The van der Waals surface area contributed by atoms with Crippen molar-refractivity contribution in [2.45, 2.75) is 44.9 Å². The van der Waals surface area contributed by atoms with Crippen molar-refractivity contribution in [1.82, 2.24) is 4.98 Å². The number of aromatic nitrogens is 1. The molecule has 0 aliphatic heterocycles. The Morgan fingerprint density at radius 2 is 1.71 bits per heavy atom. The number of benzene rings is 3. The van der Waals surface area contributed by atoms with Gasteiger partial charge in [0.1, 0.15) is 0 Å². The van der Waals surface area contributed by atoms with Gasteiger partial charge in [-0.3, -0.25) is 4.98 Å². The van der Waals surface area contributed by atoms with Gasteiger partial charge in [-0.05, 0) is 65.3 Å². The number of hydrogen-bond acceptors (Lipinski definition) is 2. The zero-order chi connectivity index (χ0) is 21.7. The number of pyridine rings is 1. The second kappa shape index (κ2) is 7.76. The molecule has 0 N–H and O–H groups in total. The first-order chi connectivity index (χ1) is 15.6. The lowest BCUT2D eigenvalue weighted by molar-refractivity contribution is 0.316. The number of fused-ring (bicyclic) bond motifs is 4. The molecule has 0 radical (unpaired) electrons. The SMILES string of the molecule is [2H]C(C)(c1ccnc(-c2cccc3c2sc2cc4ccccc4cc23)c1)C1CCCCC1. The molecule has 1 aliphatic rings. The van der Waals surface area contributed by atoms with Crippen molar-refractivity contribution < 1.29 is 1.37 Å². The van der Waals surface area contributed by atoms with Crippen LogP contribution in [0, 0.1) is 5.92 Å². The van der Waals surface area contributed by atoms with Gasteiger partial charge < -0.3 is 0 Å². The van der Waals surface area contributed by atoms with Gasteiger partial charge in [0.25, 0.3) is 0 Å². The van der Waals surface area contributed by atoms with E-state index < -0.39 is 5.89 Å². The minimum atomic E-state index is -0.566. The molecule has 1 atom stereocenters. The molecule has 1 aliphatic carbocycles. The highest BCUT2D eigenvalue weighted by atomic mass is 32.1. The minimum absolute atomic E-state index is 0.430. The van der Waals surface area contributed by atoms with Gasteiger partial charge in [0.05, 0.1) is 5.69 Å². The minimum Gasteiger partial charge on any atom is -0.256 e. The quantitative estimate of drug-likeness (QED) is 0.283. The fourth-order valence-electron chi connectivity index (χ4n) is 5.28. The monoisotopic (exact) mass is 422 g/mol. The fraction of sp³-hybridized carbons (Fsp3) is 0.276. The van der Waals surface area contributed by atoms with Crippen LogP contribution < -0.4 is 0 Å². The fourth-order valence-corrected chi connectivity index (χ4v) is 6.53. The lowest BCUT2D eigenvalue weighted by Crippen LogP contribution is -2.14. The van der Waals surface area contributed by atoms with Crippen LogP contribution in [0.5, 0.6) is 0 Å². The topological polar surface area (TPSA) is 12.9 Å². The predicted octanol–water partition coefficient (Wildman–Crippen LogP) is 8.95. The van der Waals surface area contributed by atoms with Crippen LogP contribution in [-0.2, 0) is 0 Å². The first-order valence-electron chi connectivity index (χ1n) is 11.9. The molecule has 2 heteroatoms. The second-order valence-corrected chi connectivity index (χ2v) is 9.98. The van der Waals surface area contributed by atoms with Crippen LogP contribution in [0.1, 0.15) is 51.9 Å². The molecule has 1 nitrogen and oxygen atoms in total.